The second kappa shape index (κ2) is 5.95. The fourth-order valence-corrected chi connectivity index (χ4v) is 2.46. The summed E-state index contributed by atoms with van der Waals surface area (Å²) in [5.74, 6) is 1.14. The van der Waals surface area contributed by atoms with Gasteiger partial charge in [0.05, 0.1) is 5.54 Å². The van der Waals surface area contributed by atoms with Crippen LogP contribution in [0.1, 0.15) is 25.7 Å². The molecule has 4 nitrogen and oxygen atoms in total. The molecule has 106 valence electrons. The number of rotatable bonds is 3. The van der Waals surface area contributed by atoms with Crippen molar-refractivity contribution >= 4 is 30.7 Å². The van der Waals surface area contributed by atoms with Crippen molar-refractivity contribution < 1.29 is 4.79 Å². The highest BCUT2D eigenvalue weighted by Crippen LogP contribution is 2.34. The van der Waals surface area contributed by atoms with Crippen molar-refractivity contribution in [3.63, 3.8) is 0 Å². The first-order chi connectivity index (χ1) is 7.67. The molecule has 0 aromatic heterocycles. The number of nitrogens with two attached hydrogens (primary N) is 1. The van der Waals surface area contributed by atoms with Gasteiger partial charge in [0.1, 0.15) is 0 Å². The molecule has 0 spiro atoms. The lowest BCUT2D eigenvalue weighted by molar-refractivity contribution is -0.135. The van der Waals surface area contributed by atoms with Crippen molar-refractivity contribution in [3.8, 4) is 0 Å². The minimum absolute atomic E-state index is 0. The summed E-state index contributed by atoms with van der Waals surface area (Å²) in [5, 5.41) is 0. The molecule has 6 heteroatoms. The lowest BCUT2D eigenvalue weighted by atomic mass is 10.2. The Bertz CT molecular complexity index is 298. The minimum Gasteiger partial charge on any atom is -0.339 e. The van der Waals surface area contributed by atoms with Crippen molar-refractivity contribution in [1.29, 1.82) is 0 Å². The van der Waals surface area contributed by atoms with E-state index in [1.165, 1.54) is 19.4 Å². The number of hydrogen-bond donors (Lipinski definition) is 1. The van der Waals surface area contributed by atoms with Gasteiger partial charge in [-0.15, -0.1) is 24.8 Å². The lowest BCUT2D eigenvalue weighted by Gasteiger charge is -2.36. The Balaban J connectivity index is 0.000000810. The number of amides is 1. The van der Waals surface area contributed by atoms with Gasteiger partial charge in [-0.2, -0.15) is 0 Å². The Morgan fingerprint density at radius 2 is 1.67 bits per heavy atom. The molecule has 1 saturated heterocycles. The molecule has 18 heavy (non-hydrogen) atoms. The van der Waals surface area contributed by atoms with Gasteiger partial charge in [0.25, 0.3) is 0 Å². The normalized spacial score (nSPS) is 25.9. The van der Waals surface area contributed by atoms with Gasteiger partial charge in [0.15, 0.2) is 0 Å². The number of carbonyl (C=O) groups excluding carboxylic acids is 1. The third kappa shape index (κ3) is 3.50. The molecule has 1 heterocycles. The zero-order valence-electron chi connectivity index (χ0n) is 10.6. The summed E-state index contributed by atoms with van der Waals surface area (Å²) in [6, 6.07) is 0. The van der Waals surface area contributed by atoms with Crippen molar-refractivity contribution in [2.75, 3.05) is 32.7 Å². The van der Waals surface area contributed by atoms with E-state index in [1.54, 1.807) is 0 Å². The largest absolute Gasteiger partial charge is 0.339 e. The SMILES string of the molecule is Cl.Cl.NC1(C(=O)N2CCN(CC3CC3)CC2)CC1. The van der Waals surface area contributed by atoms with E-state index in [9.17, 15) is 4.79 Å². The molecule has 2 aliphatic carbocycles. The van der Waals surface area contributed by atoms with Gasteiger partial charge >= 0.3 is 0 Å². The van der Waals surface area contributed by atoms with Gasteiger partial charge in [-0.25, -0.2) is 0 Å². The number of nitrogens with zero attached hydrogens (tertiary/aromatic N) is 2. The Morgan fingerprint density at radius 3 is 2.11 bits per heavy atom. The second-order valence-electron chi connectivity index (χ2n) is 5.69. The third-order valence-electron chi connectivity index (χ3n) is 4.09. The molecular weight excluding hydrogens is 273 g/mol. The average Bonchev–Trinajstić information content (AvgIpc) is 3.18. The van der Waals surface area contributed by atoms with E-state index >= 15 is 0 Å². The Kier molecular flexibility index (Phi) is 5.30. The molecule has 0 aromatic rings. The molecule has 0 unspecified atom stereocenters. The van der Waals surface area contributed by atoms with E-state index in [0.29, 0.717) is 0 Å². The molecule has 0 bridgehead atoms. The molecular formula is C12H23Cl2N3O. The summed E-state index contributed by atoms with van der Waals surface area (Å²) < 4.78 is 0. The highest BCUT2D eigenvalue weighted by atomic mass is 35.5. The maximum absolute atomic E-state index is 12.0. The minimum atomic E-state index is -0.474. The Hall–Kier alpha value is -0.0300. The van der Waals surface area contributed by atoms with Crippen LogP contribution in [0.5, 0.6) is 0 Å². The summed E-state index contributed by atoms with van der Waals surface area (Å²) in [7, 11) is 0. The van der Waals surface area contributed by atoms with Crippen LogP contribution in [-0.2, 0) is 4.79 Å². The van der Waals surface area contributed by atoms with E-state index < -0.39 is 5.54 Å². The zero-order chi connectivity index (χ0) is 11.2. The van der Waals surface area contributed by atoms with Crippen molar-refractivity contribution in [2.24, 2.45) is 11.7 Å². The van der Waals surface area contributed by atoms with Crippen molar-refractivity contribution in [2.45, 2.75) is 31.2 Å². The van der Waals surface area contributed by atoms with E-state index in [4.69, 9.17) is 5.73 Å². The van der Waals surface area contributed by atoms with E-state index in [2.05, 4.69) is 4.90 Å². The second-order valence-corrected chi connectivity index (χ2v) is 5.69. The van der Waals surface area contributed by atoms with Gasteiger partial charge < -0.3 is 10.6 Å². The highest BCUT2D eigenvalue weighted by Gasteiger charge is 2.48. The number of halogens is 2. The van der Waals surface area contributed by atoms with Gasteiger partial charge in [-0.1, -0.05) is 0 Å². The van der Waals surface area contributed by atoms with Crippen LogP contribution < -0.4 is 5.73 Å². The summed E-state index contributed by atoms with van der Waals surface area (Å²) in [5.41, 5.74) is 5.47. The molecule has 0 aromatic carbocycles. The molecule has 0 atom stereocenters. The van der Waals surface area contributed by atoms with Gasteiger partial charge in [-0.05, 0) is 31.6 Å². The Labute approximate surface area is 121 Å². The number of carbonyl (C=O) groups is 1. The standard InChI is InChI=1S/C12H21N3O.2ClH/c13-12(3-4-12)11(16)15-7-5-14(6-8-15)9-10-1-2-10;;/h10H,1-9,13H2;2*1H. The summed E-state index contributed by atoms with van der Waals surface area (Å²) in [4.78, 5) is 16.5. The monoisotopic (exact) mass is 295 g/mol. The Morgan fingerprint density at radius 1 is 1.11 bits per heavy atom. The van der Waals surface area contributed by atoms with Crippen LogP contribution in [0.3, 0.4) is 0 Å². The molecule has 1 amide bonds. The van der Waals surface area contributed by atoms with Crippen molar-refractivity contribution in [3.05, 3.63) is 0 Å². The highest BCUT2D eigenvalue weighted by molar-refractivity contribution is 5.89. The molecule has 3 rings (SSSR count). The summed E-state index contributed by atoms with van der Waals surface area (Å²) in [6.07, 6.45) is 4.58. The maximum atomic E-state index is 12.0. The molecule has 1 aliphatic heterocycles. The molecule has 2 saturated carbocycles. The molecule has 2 N–H and O–H groups in total. The topological polar surface area (TPSA) is 49.6 Å². The zero-order valence-corrected chi connectivity index (χ0v) is 12.3. The van der Waals surface area contributed by atoms with E-state index in [-0.39, 0.29) is 30.7 Å². The van der Waals surface area contributed by atoms with Gasteiger partial charge in [-0.3, -0.25) is 9.69 Å². The molecule has 0 radical (unpaired) electrons. The predicted molar refractivity (Wildman–Crippen MR) is 76.4 cm³/mol. The fraction of sp³-hybridized carbons (Fsp3) is 0.917. The molecule has 3 fully saturated rings. The first kappa shape index (κ1) is 16.0. The third-order valence-corrected chi connectivity index (χ3v) is 4.09. The average molecular weight is 296 g/mol. The smallest absolute Gasteiger partial charge is 0.242 e. The van der Waals surface area contributed by atoms with Gasteiger partial charge in [0.2, 0.25) is 5.91 Å². The summed E-state index contributed by atoms with van der Waals surface area (Å²) in [6.45, 7) is 5.08. The van der Waals surface area contributed by atoms with Crippen LogP contribution in [0, 0.1) is 5.92 Å². The first-order valence-electron chi connectivity index (χ1n) is 6.48. The number of hydrogen-bond acceptors (Lipinski definition) is 3. The van der Waals surface area contributed by atoms with Crippen LogP contribution in [0.2, 0.25) is 0 Å². The quantitative estimate of drug-likeness (QED) is 0.841. The lowest BCUT2D eigenvalue weighted by Crippen LogP contribution is -2.54. The fourth-order valence-electron chi connectivity index (χ4n) is 2.46. The van der Waals surface area contributed by atoms with Crippen LogP contribution in [-0.4, -0.2) is 54.0 Å². The van der Waals surface area contributed by atoms with Crippen LogP contribution in [0.25, 0.3) is 0 Å². The van der Waals surface area contributed by atoms with Crippen molar-refractivity contribution in [1.82, 2.24) is 9.80 Å². The maximum Gasteiger partial charge on any atom is 0.242 e. The van der Waals surface area contributed by atoms with Gasteiger partial charge in [0, 0.05) is 32.7 Å². The van der Waals surface area contributed by atoms with E-state index in [0.717, 1.165) is 44.9 Å². The molecule has 3 aliphatic rings. The van der Waals surface area contributed by atoms with E-state index in [1.807, 2.05) is 4.90 Å². The van der Waals surface area contributed by atoms with Crippen LogP contribution in [0.4, 0.5) is 0 Å². The van der Waals surface area contributed by atoms with Crippen LogP contribution >= 0.6 is 24.8 Å². The predicted octanol–water partition coefficient (Wildman–Crippen LogP) is 0.875. The first-order valence-corrected chi connectivity index (χ1v) is 6.48. The van der Waals surface area contributed by atoms with Crippen LogP contribution in [0.15, 0.2) is 0 Å². The summed E-state index contributed by atoms with van der Waals surface area (Å²) >= 11 is 0. The number of piperazine rings is 1.